The first kappa shape index (κ1) is 17.8. The van der Waals surface area contributed by atoms with E-state index >= 15 is 0 Å². The molecule has 0 atom stereocenters. The van der Waals surface area contributed by atoms with Gasteiger partial charge < -0.3 is 24.5 Å². The van der Waals surface area contributed by atoms with E-state index in [1.807, 2.05) is 45.2 Å². The topological polar surface area (TPSA) is 95.9 Å². The van der Waals surface area contributed by atoms with Gasteiger partial charge in [-0.2, -0.15) is 0 Å². The second-order valence-corrected chi connectivity index (χ2v) is 6.66. The lowest BCUT2D eigenvalue weighted by Crippen LogP contribution is -2.24. The summed E-state index contributed by atoms with van der Waals surface area (Å²) >= 11 is 3.93. The van der Waals surface area contributed by atoms with Gasteiger partial charge in [0.2, 0.25) is 0 Å². The summed E-state index contributed by atoms with van der Waals surface area (Å²) in [5.74, 6) is -1.43. The predicted molar refractivity (Wildman–Crippen MR) is 95.1 cm³/mol. The van der Waals surface area contributed by atoms with Crippen LogP contribution in [0.15, 0.2) is 36.4 Å². The number of aromatic hydroxyl groups is 1. The number of hydrogen-bond acceptors (Lipinski definition) is 6. The summed E-state index contributed by atoms with van der Waals surface area (Å²) in [7, 11) is 0. The molecule has 2 aromatic rings. The average molecular weight is 539 g/mol. The number of carboxylic acids is 1. The SMILES string of the molecule is O=C(OCc1cc(I)c(O)c(I)c1)Oc1ccccc1C(=O)[O-]. The summed E-state index contributed by atoms with van der Waals surface area (Å²) in [5.41, 5.74) is 0.430. The van der Waals surface area contributed by atoms with Crippen LogP contribution in [0.25, 0.3) is 0 Å². The number of phenols is 1. The number of carboxylic acid groups (broad SMARTS) is 1. The van der Waals surface area contributed by atoms with E-state index in [1.165, 1.54) is 24.3 Å². The number of ether oxygens (including phenoxy) is 2. The second kappa shape index (κ2) is 7.81. The predicted octanol–water partition coefficient (Wildman–Crippen LogP) is 2.68. The molecule has 0 fully saturated rings. The third kappa shape index (κ3) is 4.70. The van der Waals surface area contributed by atoms with Gasteiger partial charge in [-0.1, -0.05) is 12.1 Å². The summed E-state index contributed by atoms with van der Waals surface area (Å²) < 4.78 is 11.1. The fourth-order valence-electron chi connectivity index (χ4n) is 1.69. The largest absolute Gasteiger partial charge is 0.545 e. The Bertz CT molecular complexity index is 736. The van der Waals surface area contributed by atoms with Crippen molar-refractivity contribution >= 4 is 57.3 Å². The number of halogens is 2. The van der Waals surface area contributed by atoms with Gasteiger partial charge in [-0.15, -0.1) is 0 Å². The summed E-state index contributed by atoms with van der Waals surface area (Å²) in [6.07, 6.45) is -1.03. The lowest BCUT2D eigenvalue weighted by atomic mass is 10.2. The van der Waals surface area contributed by atoms with Crippen molar-refractivity contribution in [1.29, 1.82) is 0 Å². The molecule has 0 amide bonds. The van der Waals surface area contributed by atoms with Gasteiger partial charge in [0.05, 0.1) is 13.1 Å². The Balaban J connectivity index is 2.03. The first-order chi connectivity index (χ1) is 10.9. The van der Waals surface area contributed by atoms with Crippen LogP contribution in [0, 0.1) is 7.14 Å². The maximum atomic E-state index is 11.7. The molecule has 0 unspecified atom stereocenters. The number of hydrogen-bond donors (Lipinski definition) is 1. The zero-order chi connectivity index (χ0) is 17.0. The van der Waals surface area contributed by atoms with E-state index in [2.05, 4.69) is 0 Å². The van der Waals surface area contributed by atoms with Crippen molar-refractivity contribution < 1.29 is 29.3 Å². The maximum Gasteiger partial charge on any atom is 0.514 e. The molecular formula is C15H9I2O6-. The van der Waals surface area contributed by atoms with E-state index in [0.717, 1.165) is 0 Å². The van der Waals surface area contributed by atoms with Crippen molar-refractivity contribution in [2.24, 2.45) is 0 Å². The Morgan fingerprint density at radius 2 is 1.74 bits per heavy atom. The van der Waals surface area contributed by atoms with E-state index in [4.69, 9.17) is 9.47 Å². The number of carbonyl (C=O) groups is 2. The van der Waals surface area contributed by atoms with Crippen molar-refractivity contribution in [2.75, 3.05) is 0 Å². The number of carbonyl (C=O) groups excluding carboxylic acids is 2. The van der Waals surface area contributed by atoms with Crippen LogP contribution in [0.1, 0.15) is 15.9 Å². The quantitative estimate of drug-likeness (QED) is 0.365. The Labute approximate surface area is 158 Å². The second-order valence-electron chi connectivity index (χ2n) is 4.33. The van der Waals surface area contributed by atoms with E-state index in [-0.39, 0.29) is 23.7 Å². The highest BCUT2D eigenvalue weighted by Crippen LogP contribution is 2.27. The highest BCUT2D eigenvalue weighted by Gasteiger charge is 2.12. The van der Waals surface area contributed by atoms with Gasteiger partial charge >= 0.3 is 6.16 Å². The van der Waals surface area contributed by atoms with Gasteiger partial charge in [-0.3, -0.25) is 0 Å². The molecule has 0 bridgehead atoms. The van der Waals surface area contributed by atoms with Crippen LogP contribution in [0.2, 0.25) is 0 Å². The van der Waals surface area contributed by atoms with Crippen molar-refractivity contribution in [3.63, 3.8) is 0 Å². The van der Waals surface area contributed by atoms with Crippen molar-refractivity contribution in [3.8, 4) is 11.5 Å². The average Bonchev–Trinajstić information content (AvgIpc) is 2.50. The summed E-state index contributed by atoms with van der Waals surface area (Å²) in [4.78, 5) is 22.6. The van der Waals surface area contributed by atoms with Crippen molar-refractivity contribution in [1.82, 2.24) is 0 Å². The first-order valence-electron chi connectivity index (χ1n) is 6.20. The minimum Gasteiger partial charge on any atom is -0.545 e. The van der Waals surface area contributed by atoms with Crippen LogP contribution in [0.4, 0.5) is 4.79 Å². The van der Waals surface area contributed by atoms with Gasteiger partial charge in [0.15, 0.2) is 0 Å². The molecule has 0 spiro atoms. The minimum absolute atomic E-state index is 0.0708. The summed E-state index contributed by atoms with van der Waals surface area (Å²) in [6.45, 7) is -0.0708. The molecule has 0 aliphatic carbocycles. The molecule has 0 aliphatic rings. The molecule has 2 rings (SSSR count). The third-order valence-electron chi connectivity index (χ3n) is 2.73. The lowest BCUT2D eigenvalue weighted by Gasteiger charge is -2.11. The zero-order valence-electron chi connectivity index (χ0n) is 11.4. The molecule has 6 nitrogen and oxygen atoms in total. The van der Waals surface area contributed by atoms with Gasteiger partial charge in [-0.25, -0.2) is 4.79 Å². The fraction of sp³-hybridized carbons (Fsp3) is 0.0667. The van der Waals surface area contributed by atoms with E-state index < -0.39 is 12.1 Å². The molecule has 1 N–H and O–H groups in total. The first-order valence-corrected chi connectivity index (χ1v) is 8.36. The number of aromatic carboxylic acids is 1. The van der Waals surface area contributed by atoms with Gasteiger partial charge in [-0.05, 0) is 75.0 Å². The molecule has 0 heterocycles. The normalized spacial score (nSPS) is 10.2. The van der Waals surface area contributed by atoms with E-state index in [9.17, 15) is 19.8 Å². The van der Waals surface area contributed by atoms with Crippen LogP contribution in [0.5, 0.6) is 11.5 Å². The van der Waals surface area contributed by atoms with Gasteiger partial charge in [0, 0.05) is 5.56 Å². The molecule has 2 aromatic carbocycles. The molecule has 8 heteroatoms. The van der Waals surface area contributed by atoms with Gasteiger partial charge in [0.1, 0.15) is 18.1 Å². The maximum absolute atomic E-state index is 11.7. The lowest BCUT2D eigenvalue weighted by molar-refractivity contribution is -0.255. The molecule has 0 saturated heterocycles. The third-order valence-corrected chi connectivity index (χ3v) is 4.38. The minimum atomic E-state index is -1.45. The Morgan fingerprint density at radius 1 is 1.13 bits per heavy atom. The Hall–Kier alpha value is -1.56. The number of phenolic OH excluding ortho intramolecular Hbond substituents is 1. The number of benzene rings is 2. The number of rotatable bonds is 4. The molecule has 0 aromatic heterocycles. The van der Waals surface area contributed by atoms with Crippen LogP contribution in [-0.2, 0) is 11.3 Å². The zero-order valence-corrected chi connectivity index (χ0v) is 15.7. The Morgan fingerprint density at radius 3 is 2.35 bits per heavy atom. The summed E-state index contributed by atoms with van der Waals surface area (Å²) in [6, 6.07) is 8.95. The highest BCUT2D eigenvalue weighted by molar-refractivity contribution is 14.1. The smallest absolute Gasteiger partial charge is 0.514 e. The van der Waals surface area contributed by atoms with Gasteiger partial charge in [0.25, 0.3) is 0 Å². The highest BCUT2D eigenvalue weighted by atomic mass is 127. The van der Waals surface area contributed by atoms with Crippen molar-refractivity contribution in [2.45, 2.75) is 6.61 Å². The Kier molecular flexibility index (Phi) is 6.04. The van der Waals surface area contributed by atoms with Crippen LogP contribution in [0.3, 0.4) is 0 Å². The number of para-hydroxylation sites is 1. The molecule has 120 valence electrons. The molecule has 23 heavy (non-hydrogen) atoms. The summed E-state index contributed by atoms with van der Waals surface area (Å²) in [5, 5.41) is 20.6. The van der Waals surface area contributed by atoms with Crippen LogP contribution in [-0.4, -0.2) is 17.2 Å². The van der Waals surface area contributed by atoms with E-state index in [0.29, 0.717) is 12.7 Å². The molecule has 0 saturated carbocycles. The monoisotopic (exact) mass is 539 g/mol. The standard InChI is InChI=1S/C15H10I2O6/c16-10-5-8(6-11(17)13(10)18)7-22-15(21)23-12-4-2-1-3-9(12)14(19)20/h1-6,18H,7H2,(H,19,20)/p-1. The molecule has 0 radical (unpaired) electrons. The van der Waals surface area contributed by atoms with Crippen LogP contribution < -0.4 is 9.84 Å². The molecular weight excluding hydrogens is 530 g/mol. The molecule has 0 aliphatic heterocycles. The fourth-order valence-corrected chi connectivity index (χ4v) is 3.58. The van der Waals surface area contributed by atoms with E-state index in [1.54, 1.807) is 12.1 Å². The van der Waals surface area contributed by atoms with Crippen LogP contribution >= 0.6 is 45.2 Å². The van der Waals surface area contributed by atoms with Crippen molar-refractivity contribution in [3.05, 3.63) is 54.7 Å².